The van der Waals surface area contributed by atoms with Crippen LogP contribution in [0, 0.1) is 12.8 Å². The molecule has 1 heterocycles. The van der Waals surface area contributed by atoms with E-state index in [9.17, 15) is 0 Å². The quantitative estimate of drug-likeness (QED) is 0.637. The summed E-state index contributed by atoms with van der Waals surface area (Å²) in [5, 5.41) is 0. The average Bonchev–Trinajstić information content (AvgIpc) is 2.85. The molecule has 0 aliphatic carbocycles. The van der Waals surface area contributed by atoms with Gasteiger partial charge in [0.15, 0.2) is 0 Å². The zero-order valence-corrected chi connectivity index (χ0v) is 13.2. The number of halogens is 1. The standard InChI is InChI=1S/C17H21ClS/c1-3-16-7-8-17(19-16)11-15(12-18)10-14-6-4-5-13(2)9-14/h4-9,15H,3,10-12H2,1-2H3. The highest BCUT2D eigenvalue weighted by molar-refractivity contribution is 7.11. The third kappa shape index (κ3) is 4.36. The normalized spacial score (nSPS) is 12.6. The van der Waals surface area contributed by atoms with Gasteiger partial charge in [-0.3, -0.25) is 0 Å². The summed E-state index contributed by atoms with van der Waals surface area (Å²) in [6.45, 7) is 4.35. The average molecular weight is 293 g/mol. The molecule has 2 heteroatoms. The van der Waals surface area contributed by atoms with Gasteiger partial charge in [-0.15, -0.1) is 22.9 Å². The number of alkyl halides is 1. The lowest BCUT2D eigenvalue weighted by Gasteiger charge is -2.13. The van der Waals surface area contributed by atoms with Crippen LogP contribution in [-0.4, -0.2) is 5.88 Å². The summed E-state index contributed by atoms with van der Waals surface area (Å²) in [5.74, 6) is 1.26. The van der Waals surface area contributed by atoms with Gasteiger partial charge in [-0.05, 0) is 49.8 Å². The van der Waals surface area contributed by atoms with Gasteiger partial charge in [-0.2, -0.15) is 0 Å². The van der Waals surface area contributed by atoms with E-state index in [0.717, 1.165) is 25.1 Å². The van der Waals surface area contributed by atoms with Gasteiger partial charge in [0.25, 0.3) is 0 Å². The van der Waals surface area contributed by atoms with Crippen molar-refractivity contribution >= 4 is 22.9 Å². The molecule has 1 aromatic heterocycles. The largest absolute Gasteiger partial charge is 0.145 e. The zero-order chi connectivity index (χ0) is 13.7. The minimum Gasteiger partial charge on any atom is -0.145 e. The second-order valence-corrected chi connectivity index (χ2v) is 6.70. The van der Waals surface area contributed by atoms with Crippen LogP contribution in [0.5, 0.6) is 0 Å². The maximum atomic E-state index is 6.15. The van der Waals surface area contributed by atoms with E-state index in [0.29, 0.717) is 5.92 Å². The van der Waals surface area contributed by atoms with Crippen LogP contribution in [0.3, 0.4) is 0 Å². The van der Waals surface area contributed by atoms with Crippen molar-refractivity contribution in [1.82, 2.24) is 0 Å². The maximum Gasteiger partial charge on any atom is 0.0258 e. The minimum absolute atomic E-state index is 0.534. The fourth-order valence-electron chi connectivity index (χ4n) is 2.36. The highest BCUT2D eigenvalue weighted by Gasteiger charge is 2.11. The van der Waals surface area contributed by atoms with E-state index >= 15 is 0 Å². The Morgan fingerprint density at radius 2 is 1.89 bits per heavy atom. The molecule has 2 rings (SSSR count). The van der Waals surface area contributed by atoms with E-state index < -0.39 is 0 Å². The maximum absolute atomic E-state index is 6.15. The molecule has 0 N–H and O–H groups in total. The summed E-state index contributed by atoms with van der Waals surface area (Å²) < 4.78 is 0. The van der Waals surface area contributed by atoms with Crippen LogP contribution >= 0.6 is 22.9 Å². The summed E-state index contributed by atoms with van der Waals surface area (Å²) in [4.78, 5) is 2.94. The van der Waals surface area contributed by atoms with Crippen molar-refractivity contribution in [2.24, 2.45) is 5.92 Å². The Bertz CT molecular complexity index is 515. The Labute approximate surface area is 125 Å². The number of hydrogen-bond acceptors (Lipinski definition) is 1. The van der Waals surface area contributed by atoms with E-state index in [1.165, 1.54) is 20.9 Å². The van der Waals surface area contributed by atoms with Crippen molar-refractivity contribution in [1.29, 1.82) is 0 Å². The molecule has 0 radical (unpaired) electrons. The second kappa shape index (κ2) is 7.12. The number of thiophene rings is 1. The fourth-order valence-corrected chi connectivity index (χ4v) is 3.65. The van der Waals surface area contributed by atoms with E-state index in [1.54, 1.807) is 0 Å². The molecule has 2 aromatic rings. The lowest BCUT2D eigenvalue weighted by Crippen LogP contribution is -2.09. The zero-order valence-electron chi connectivity index (χ0n) is 11.7. The molecule has 0 saturated carbocycles. The first kappa shape index (κ1) is 14.6. The monoisotopic (exact) mass is 292 g/mol. The van der Waals surface area contributed by atoms with Crippen molar-refractivity contribution in [2.45, 2.75) is 33.1 Å². The molecule has 0 aliphatic heterocycles. The summed E-state index contributed by atoms with van der Waals surface area (Å²) in [6.07, 6.45) is 3.31. The van der Waals surface area contributed by atoms with Crippen LogP contribution in [-0.2, 0) is 19.3 Å². The molecule has 0 bridgehead atoms. The van der Waals surface area contributed by atoms with Crippen molar-refractivity contribution in [3.63, 3.8) is 0 Å². The van der Waals surface area contributed by atoms with Crippen LogP contribution < -0.4 is 0 Å². The Balaban J connectivity index is 2.00. The molecule has 0 amide bonds. The number of benzene rings is 1. The van der Waals surface area contributed by atoms with Crippen LogP contribution in [0.2, 0.25) is 0 Å². The van der Waals surface area contributed by atoms with Gasteiger partial charge in [0.1, 0.15) is 0 Å². The molecule has 0 aliphatic rings. The lowest BCUT2D eigenvalue weighted by atomic mass is 9.96. The lowest BCUT2D eigenvalue weighted by molar-refractivity contribution is 0.589. The molecule has 1 aromatic carbocycles. The molecule has 1 unspecified atom stereocenters. The fraction of sp³-hybridized carbons (Fsp3) is 0.412. The van der Waals surface area contributed by atoms with Crippen LogP contribution in [0.1, 0.15) is 27.8 Å². The Morgan fingerprint density at radius 1 is 1.11 bits per heavy atom. The Kier molecular flexibility index (Phi) is 5.47. The van der Waals surface area contributed by atoms with Gasteiger partial charge in [0.2, 0.25) is 0 Å². The van der Waals surface area contributed by atoms with Crippen molar-refractivity contribution in [3.8, 4) is 0 Å². The van der Waals surface area contributed by atoms with Crippen LogP contribution in [0.25, 0.3) is 0 Å². The van der Waals surface area contributed by atoms with Gasteiger partial charge in [-0.25, -0.2) is 0 Å². The highest BCUT2D eigenvalue weighted by Crippen LogP contribution is 2.23. The van der Waals surface area contributed by atoms with Crippen LogP contribution in [0.15, 0.2) is 36.4 Å². The molecule has 1 atom stereocenters. The summed E-state index contributed by atoms with van der Waals surface area (Å²) in [7, 11) is 0. The number of hydrogen-bond donors (Lipinski definition) is 0. The molecule has 102 valence electrons. The third-order valence-corrected chi connectivity index (χ3v) is 5.07. The third-order valence-electron chi connectivity index (χ3n) is 3.38. The summed E-state index contributed by atoms with van der Waals surface area (Å²) in [6, 6.07) is 13.3. The molecule has 19 heavy (non-hydrogen) atoms. The number of aryl methyl sites for hydroxylation is 2. The first-order valence-corrected chi connectivity index (χ1v) is 8.25. The smallest absolute Gasteiger partial charge is 0.0258 e. The van der Waals surface area contributed by atoms with Gasteiger partial charge in [0, 0.05) is 15.6 Å². The molecular formula is C17H21ClS. The SMILES string of the molecule is CCc1ccc(CC(CCl)Cc2cccc(C)c2)s1. The van der Waals surface area contributed by atoms with E-state index in [4.69, 9.17) is 11.6 Å². The van der Waals surface area contributed by atoms with E-state index in [2.05, 4.69) is 50.2 Å². The molecular weight excluding hydrogens is 272 g/mol. The molecule has 0 saturated heterocycles. The van der Waals surface area contributed by atoms with Gasteiger partial charge in [-0.1, -0.05) is 36.8 Å². The molecule has 0 nitrogen and oxygen atoms in total. The molecule has 0 spiro atoms. The van der Waals surface area contributed by atoms with Crippen molar-refractivity contribution in [3.05, 3.63) is 57.3 Å². The van der Waals surface area contributed by atoms with Gasteiger partial charge in [0.05, 0.1) is 0 Å². The summed E-state index contributed by atoms with van der Waals surface area (Å²) in [5.41, 5.74) is 2.73. The van der Waals surface area contributed by atoms with Crippen molar-refractivity contribution in [2.75, 3.05) is 5.88 Å². The van der Waals surface area contributed by atoms with E-state index in [1.807, 2.05) is 11.3 Å². The predicted octanol–water partition coefficient (Wildman–Crippen LogP) is 5.26. The first-order chi connectivity index (χ1) is 9.21. The van der Waals surface area contributed by atoms with Gasteiger partial charge < -0.3 is 0 Å². The highest BCUT2D eigenvalue weighted by atomic mass is 35.5. The Hall–Kier alpha value is -0.790. The van der Waals surface area contributed by atoms with Gasteiger partial charge >= 0.3 is 0 Å². The first-order valence-electron chi connectivity index (χ1n) is 6.90. The minimum atomic E-state index is 0.534. The summed E-state index contributed by atoms with van der Waals surface area (Å²) >= 11 is 8.08. The Morgan fingerprint density at radius 3 is 2.53 bits per heavy atom. The molecule has 0 fully saturated rings. The van der Waals surface area contributed by atoms with Crippen LogP contribution in [0.4, 0.5) is 0 Å². The predicted molar refractivity (Wildman–Crippen MR) is 86.5 cm³/mol. The topological polar surface area (TPSA) is 0 Å². The second-order valence-electron chi connectivity index (χ2n) is 5.14. The van der Waals surface area contributed by atoms with E-state index in [-0.39, 0.29) is 0 Å². The van der Waals surface area contributed by atoms with Crippen molar-refractivity contribution < 1.29 is 0 Å². The number of rotatable bonds is 6.